The second-order valence-corrected chi connectivity index (χ2v) is 4.69. The predicted molar refractivity (Wildman–Crippen MR) is 54.7 cm³/mol. The van der Waals surface area contributed by atoms with Crippen molar-refractivity contribution >= 4 is 5.69 Å². The highest BCUT2D eigenvalue weighted by molar-refractivity contribution is 5.50. The van der Waals surface area contributed by atoms with Crippen molar-refractivity contribution in [2.24, 2.45) is 17.8 Å². The maximum Gasteiger partial charge on any atom is 0.149 e. The topological polar surface area (TPSA) is 3.24 Å². The first-order valence-electron chi connectivity index (χ1n) is 5.37. The van der Waals surface area contributed by atoms with Crippen LogP contribution >= 0.6 is 0 Å². The summed E-state index contributed by atoms with van der Waals surface area (Å²) in [6.07, 6.45) is 0. The molecule has 1 aromatic carbocycles. The Labute approximate surface area is 87.7 Å². The first-order valence-corrected chi connectivity index (χ1v) is 5.37. The van der Waals surface area contributed by atoms with Gasteiger partial charge in [-0.1, -0.05) is 6.92 Å². The van der Waals surface area contributed by atoms with Gasteiger partial charge < -0.3 is 4.90 Å². The van der Waals surface area contributed by atoms with E-state index in [0.29, 0.717) is 5.69 Å². The Morgan fingerprint density at radius 2 is 1.87 bits per heavy atom. The lowest BCUT2D eigenvalue weighted by atomic mass is 10.2. The molecule has 3 rings (SSSR count). The number of benzene rings is 1. The van der Waals surface area contributed by atoms with Crippen LogP contribution in [0.3, 0.4) is 0 Å². The third kappa shape index (κ3) is 1.33. The SMILES string of the molecule is CC1C2CN(c3ccc(F)cc3F)CC12. The van der Waals surface area contributed by atoms with Crippen LogP contribution in [0.1, 0.15) is 6.92 Å². The summed E-state index contributed by atoms with van der Waals surface area (Å²) in [6, 6.07) is 3.83. The summed E-state index contributed by atoms with van der Waals surface area (Å²) in [7, 11) is 0. The van der Waals surface area contributed by atoms with Crippen LogP contribution in [0.15, 0.2) is 18.2 Å². The highest BCUT2D eigenvalue weighted by Crippen LogP contribution is 2.52. The molecular weight excluding hydrogens is 196 g/mol. The van der Waals surface area contributed by atoms with Crippen LogP contribution in [0.5, 0.6) is 0 Å². The number of hydrogen-bond acceptors (Lipinski definition) is 1. The second-order valence-electron chi connectivity index (χ2n) is 4.69. The maximum atomic E-state index is 13.5. The number of anilines is 1. The van der Waals surface area contributed by atoms with Crippen LogP contribution in [0.2, 0.25) is 0 Å². The van der Waals surface area contributed by atoms with Gasteiger partial charge in [0.15, 0.2) is 0 Å². The van der Waals surface area contributed by atoms with Gasteiger partial charge in [0, 0.05) is 19.2 Å². The summed E-state index contributed by atoms with van der Waals surface area (Å²) < 4.78 is 26.2. The van der Waals surface area contributed by atoms with Crippen molar-refractivity contribution in [3.05, 3.63) is 29.8 Å². The monoisotopic (exact) mass is 209 g/mol. The summed E-state index contributed by atoms with van der Waals surface area (Å²) >= 11 is 0. The van der Waals surface area contributed by atoms with Gasteiger partial charge in [0.1, 0.15) is 11.6 Å². The van der Waals surface area contributed by atoms with E-state index in [-0.39, 0.29) is 0 Å². The molecule has 2 unspecified atom stereocenters. The van der Waals surface area contributed by atoms with Crippen LogP contribution < -0.4 is 4.90 Å². The number of fused-ring (bicyclic) bond motifs is 1. The molecule has 1 saturated heterocycles. The van der Waals surface area contributed by atoms with Gasteiger partial charge in [0.05, 0.1) is 5.69 Å². The Bertz CT molecular complexity index is 393. The van der Waals surface area contributed by atoms with E-state index in [1.807, 2.05) is 4.90 Å². The van der Waals surface area contributed by atoms with Crippen molar-refractivity contribution in [3.8, 4) is 0 Å². The normalized spacial score (nSPS) is 33.0. The van der Waals surface area contributed by atoms with Gasteiger partial charge in [-0.25, -0.2) is 8.78 Å². The predicted octanol–water partition coefficient (Wildman–Crippen LogP) is 2.67. The lowest BCUT2D eigenvalue weighted by Gasteiger charge is -2.21. The summed E-state index contributed by atoms with van der Waals surface area (Å²) in [5.41, 5.74) is 0.552. The smallest absolute Gasteiger partial charge is 0.149 e. The van der Waals surface area contributed by atoms with Gasteiger partial charge in [-0.15, -0.1) is 0 Å². The van der Waals surface area contributed by atoms with Crippen LogP contribution in [0.4, 0.5) is 14.5 Å². The van der Waals surface area contributed by atoms with Crippen molar-refractivity contribution in [1.29, 1.82) is 0 Å². The average molecular weight is 209 g/mol. The number of nitrogens with zero attached hydrogens (tertiary/aromatic N) is 1. The van der Waals surface area contributed by atoms with E-state index in [2.05, 4.69) is 6.92 Å². The molecule has 2 atom stereocenters. The molecule has 1 saturated carbocycles. The zero-order valence-corrected chi connectivity index (χ0v) is 8.58. The highest BCUT2D eigenvalue weighted by atomic mass is 19.1. The molecule has 2 aliphatic rings. The fourth-order valence-electron chi connectivity index (χ4n) is 2.76. The Morgan fingerprint density at radius 1 is 1.20 bits per heavy atom. The number of halogens is 2. The van der Waals surface area contributed by atoms with Gasteiger partial charge in [-0.2, -0.15) is 0 Å². The summed E-state index contributed by atoms with van der Waals surface area (Å²) in [6.45, 7) is 4.09. The van der Waals surface area contributed by atoms with Crippen LogP contribution in [-0.2, 0) is 0 Å². The molecule has 3 heteroatoms. The van der Waals surface area contributed by atoms with Gasteiger partial charge in [0.2, 0.25) is 0 Å². The van der Waals surface area contributed by atoms with Crippen molar-refractivity contribution in [3.63, 3.8) is 0 Å². The quantitative estimate of drug-likeness (QED) is 0.687. The maximum absolute atomic E-state index is 13.5. The van der Waals surface area contributed by atoms with E-state index in [9.17, 15) is 8.78 Å². The van der Waals surface area contributed by atoms with Crippen LogP contribution in [0, 0.1) is 29.4 Å². The Kier molecular flexibility index (Phi) is 1.79. The molecule has 0 radical (unpaired) electrons. The number of rotatable bonds is 1. The largest absolute Gasteiger partial charge is 0.369 e. The minimum Gasteiger partial charge on any atom is -0.369 e. The standard InChI is InChI=1S/C12H13F2N/c1-7-9-5-15(6-10(7)9)12-3-2-8(13)4-11(12)14/h2-4,7,9-10H,5-6H2,1H3. The van der Waals surface area contributed by atoms with E-state index >= 15 is 0 Å². The zero-order valence-electron chi connectivity index (χ0n) is 8.58. The molecule has 1 aliphatic carbocycles. The highest BCUT2D eigenvalue weighted by Gasteiger charge is 2.52. The van der Waals surface area contributed by atoms with Crippen molar-refractivity contribution < 1.29 is 8.78 Å². The molecule has 1 nitrogen and oxygen atoms in total. The van der Waals surface area contributed by atoms with E-state index < -0.39 is 11.6 Å². The molecular formula is C12H13F2N. The number of piperidine rings is 1. The van der Waals surface area contributed by atoms with Gasteiger partial charge in [0.25, 0.3) is 0 Å². The molecule has 1 aliphatic heterocycles. The van der Waals surface area contributed by atoms with Gasteiger partial charge in [-0.05, 0) is 29.9 Å². The molecule has 0 bridgehead atoms. The van der Waals surface area contributed by atoms with Crippen molar-refractivity contribution in [2.75, 3.05) is 18.0 Å². The lowest BCUT2D eigenvalue weighted by molar-refractivity contribution is 0.576. The zero-order chi connectivity index (χ0) is 10.6. The molecule has 15 heavy (non-hydrogen) atoms. The number of hydrogen-bond donors (Lipinski definition) is 0. The van der Waals surface area contributed by atoms with E-state index in [0.717, 1.165) is 36.9 Å². The first-order chi connectivity index (χ1) is 7.16. The lowest BCUT2D eigenvalue weighted by Crippen LogP contribution is -2.24. The van der Waals surface area contributed by atoms with Crippen LogP contribution in [-0.4, -0.2) is 13.1 Å². The van der Waals surface area contributed by atoms with Gasteiger partial charge >= 0.3 is 0 Å². The van der Waals surface area contributed by atoms with Crippen molar-refractivity contribution in [1.82, 2.24) is 0 Å². The minimum absolute atomic E-state index is 0.441. The first kappa shape index (κ1) is 9.13. The van der Waals surface area contributed by atoms with E-state index in [4.69, 9.17) is 0 Å². The summed E-state index contributed by atoms with van der Waals surface area (Å²) in [4.78, 5) is 2.03. The molecule has 0 amide bonds. The second kappa shape index (κ2) is 2.94. The van der Waals surface area contributed by atoms with E-state index in [1.165, 1.54) is 6.07 Å². The molecule has 0 N–H and O–H groups in total. The molecule has 1 heterocycles. The van der Waals surface area contributed by atoms with Crippen LogP contribution in [0.25, 0.3) is 0 Å². The van der Waals surface area contributed by atoms with Gasteiger partial charge in [-0.3, -0.25) is 0 Å². The fraction of sp³-hybridized carbons (Fsp3) is 0.500. The summed E-state index contributed by atoms with van der Waals surface area (Å²) in [5, 5.41) is 0. The molecule has 2 fully saturated rings. The molecule has 0 aromatic heterocycles. The molecule has 1 aromatic rings. The van der Waals surface area contributed by atoms with E-state index in [1.54, 1.807) is 6.07 Å². The average Bonchev–Trinajstić information content (AvgIpc) is 2.63. The third-order valence-corrected chi connectivity index (χ3v) is 3.87. The Morgan fingerprint density at radius 3 is 2.47 bits per heavy atom. The Hall–Kier alpha value is -1.12. The molecule has 80 valence electrons. The fourth-order valence-corrected chi connectivity index (χ4v) is 2.76. The minimum atomic E-state index is -0.506. The molecule has 0 spiro atoms. The van der Waals surface area contributed by atoms with Crippen molar-refractivity contribution in [2.45, 2.75) is 6.92 Å². The summed E-state index contributed by atoms with van der Waals surface area (Å²) in [5.74, 6) is 1.31. The Balaban J connectivity index is 1.83. The third-order valence-electron chi connectivity index (χ3n) is 3.87.